The Bertz CT molecular complexity index is 572. The monoisotopic (exact) mass is 343 g/mol. The van der Waals surface area contributed by atoms with Crippen LogP contribution in [0.3, 0.4) is 0 Å². The molecule has 1 fully saturated rings. The van der Waals surface area contributed by atoms with Crippen molar-refractivity contribution in [2.75, 3.05) is 18.5 Å². The van der Waals surface area contributed by atoms with Gasteiger partial charge in [0, 0.05) is 24.3 Å². The van der Waals surface area contributed by atoms with Crippen LogP contribution in [0.1, 0.15) is 13.8 Å². The molecule has 0 aromatic carbocycles. The van der Waals surface area contributed by atoms with E-state index in [4.69, 9.17) is 4.74 Å². The van der Waals surface area contributed by atoms with Crippen LogP contribution in [-0.2, 0) is 11.8 Å². The third-order valence-electron chi connectivity index (χ3n) is 3.54. The van der Waals surface area contributed by atoms with Gasteiger partial charge < -0.3 is 19.5 Å². The number of urea groups is 1. The summed E-state index contributed by atoms with van der Waals surface area (Å²) in [4.78, 5) is 26.0. The van der Waals surface area contributed by atoms with Crippen molar-refractivity contribution in [3.05, 3.63) is 27.1 Å². The summed E-state index contributed by atoms with van der Waals surface area (Å²) >= 11 is 3.31. The highest BCUT2D eigenvalue weighted by Gasteiger charge is 2.29. The summed E-state index contributed by atoms with van der Waals surface area (Å²) in [6, 6.07) is 1.30. The minimum Gasteiger partial charge on any atom is -0.375 e. The minimum atomic E-state index is -0.275. The van der Waals surface area contributed by atoms with Crippen molar-refractivity contribution in [2.24, 2.45) is 7.05 Å². The van der Waals surface area contributed by atoms with E-state index in [1.807, 2.05) is 13.8 Å². The van der Waals surface area contributed by atoms with Crippen molar-refractivity contribution in [2.45, 2.75) is 26.0 Å². The number of nitrogens with one attached hydrogen (secondary N) is 1. The molecule has 1 aliphatic rings. The van der Waals surface area contributed by atoms with E-state index in [9.17, 15) is 9.59 Å². The number of aromatic nitrogens is 1. The smallest absolute Gasteiger partial charge is 0.322 e. The number of aryl methyl sites for hydroxylation is 1. The van der Waals surface area contributed by atoms with E-state index >= 15 is 0 Å². The predicted octanol–water partition coefficient (Wildman–Crippen LogP) is 1.79. The predicted molar refractivity (Wildman–Crippen MR) is 80.0 cm³/mol. The molecule has 2 amide bonds. The molecule has 0 bridgehead atoms. The number of carbonyl (C=O) groups is 1. The zero-order valence-electron chi connectivity index (χ0n) is 11.7. The summed E-state index contributed by atoms with van der Waals surface area (Å²) in [5, 5.41) is 2.68. The highest BCUT2D eigenvalue weighted by Crippen LogP contribution is 2.16. The first kappa shape index (κ1) is 15.1. The van der Waals surface area contributed by atoms with E-state index < -0.39 is 0 Å². The first-order valence-electron chi connectivity index (χ1n) is 6.45. The summed E-state index contributed by atoms with van der Waals surface area (Å²) < 4.78 is 7.64. The van der Waals surface area contributed by atoms with Gasteiger partial charge in [0.1, 0.15) is 5.69 Å². The van der Waals surface area contributed by atoms with Gasteiger partial charge in [-0.25, -0.2) is 4.79 Å². The topological polar surface area (TPSA) is 63.6 Å². The SMILES string of the molecule is C[C@@H]1[C@@H](C)OCCN1C(=O)Nc1cc(Br)cn(C)c1=O. The van der Waals surface area contributed by atoms with E-state index in [1.54, 1.807) is 24.2 Å². The fraction of sp³-hybridized carbons (Fsp3) is 0.538. The van der Waals surface area contributed by atoms with Gasteiger partial charge in [0.05, 0.1) is 18.8 Å². The number of halogens is 1. The molecule has 2 heterocycles. The maximum atomic E-state index is 12.3. The first-order chi connectivity index (χ1) is 9.40. The van der Waals surface area contributed by atoms with E-state index in [1.165, 1.54) is 4.57 Å². The molecule has 1 aliphatic heterocycles. The lowest BCUT2D eigenvalue weighted by atomic mass is 10.1. The number of nitrogens with zero attached hydrogens (tertiary/aromatic N) is 2. The number of hydrogen-bond acceptors (Lipinski definition) is 3. The molecule has 1 aromatic rings. The lowest BCUT2D eigenvalue weighted by Gasteiger charge is -2.37. The van der Waals surface area contributed by atoms with Crippen LogP contribution in [0.15, 0.2) is 21.5 Å². The fourth-order valence-corrected chi connectivity index (χ4v) is 2.70. The van der Waals surface area contributed by atoms with Gasteiger partial charge >= 0.3 is 6.03 Å². The van der Waals surface area contributed by atoms with Crippen LogP contribution >= 0.6 is 15.9 Å². The quantitative estimate of drug-likeness (QED) is 0.845. The van der Waals surface area contributed by atoms with E-state index in [0.717, 1.165) is 4.47 Å². The van der Waals surface area contributed by atoms with Crippen LogP contribution in [0, 0.1) is 0 Å². The second-order valence-corrected chi connectivity index (χ2v) is 5.84. The molecule has 0 spiro atoms. The number of carbonyl (C=O) groups excluding carboxylic acids is 1. The summed E-state index contributed by atoms with van der Waals surface area (Å²) in [6.45, 7) is 4.89. The Labute approximate surface area is 125 Å². The average Bonchev–Trinajstić information content (AvgIpc) is 2.38. The Morgan fingerprint density at radius 1 is 1.50 bits per heavy atom. The lowest BCUT2D eigenvalue weighted by molar-refractivity contribution is -0.0355. The van der Waals surface area contributed by atoms with E-state index in [0.29, 0.717) is 13.2 Å². The number of amides is 2. The minimum absolute atomic E-state index is 0.0140. The highest BCUT2D eigenvalue weighted by molar-refractivity contribution is 9.10. The highest BCUT2D eigenvalue weighted by atomic mass is 79.9. The maximum Gasteiger partial charge on any atom is 0.322 e. The Morgan fingerprint density at radius 3 is 2.90 bits per heavy atom. The molecular formula is C13H18BrN3O3. The average molecular weight is 344 g/mol. The molecule has 1 saturated heterocycles. The molecule has 0 saturated carbocycles. The summed E-state index contributed by atoms with van der Waals surface area (Å²) in [5.41, 5.74) is 0.0220. The van der Waals surface area contributed by atoms with Crippen LogP contribution < -0.4 is 10.9 Å². The number of rotatable bonds is 1. The summed E-state index contributed by atoms with van der Waals surface area (Å²) in [6.07, 6.45) is 1.64. The molecule has 110 valence electrons. The van der Waals surface area contributed by atoms with Gasteiger partial charge in [0.25, 0.3) is 5.56 Å². The molecule has 2 atom stereocenters. The fourth-order valence-electron chi connectivity index (χ4n) is 2.17. The van der Waals surface area contributed by atoms with Crippen molar-refractivity contribution in [3.8, 4) is 0 Å². The molecule has 7 heteroatoms. The number of pyridine rings is 1. The maximum absolute atomic E-state index is 12.3. The van der Waals surface area contributed by atoms with Crippen molar-refractivity contribution in [1.29, 1.82) is 0 Å². The zero-order chi connectivity index (χ0) is 14.9. The zero-order valence-corrected chi connectivity index (χ0v) is 13.3. The normalized spacial score (nSPS) is 22.7. The number of morpholine rings is 1. The Kier molecular flexibility index (Phi) is 4.49. The van der Waals surface area contributed by atoms with Gasteiger partial charge in [-0.1, -0.05) is 0 Å². The molecular weight excluding hydrogens is 326 g/mol. The Balaban J connectivity index is 2.18. The Hall–Kier alpha value is -1.34. The van der Waals surface area contributed by atoms with Gasteiger partial charge in [-0.2, -0.15) is 0 Å². The van der Waals surface area contributed by atoms with Gasteiger partial charge in [0.2, 0.25) is 0 Å². The van der Waals surface area contributed by atoms with Crippen LogP contribution in [-0.4, -0.2) is 40.8 Å². The molecule has 20 heavy (non-hydrogen) atoms. The van der Waals surface area contributed by atoms with Gasteiger partial charge in [-0.3, -0.25) is 4.79 Å². The number of ether oxygens (including phenoxy) is 1. The third-order valence-corrected chi connectivity index (χ3v) is 3.97. The van der Waals surface area contributed by atoms with Crippen molar-refractivity contribution >= 4 is 27.6 Å². The standard InChI is InChI=1S/C13H18BrN3O3/c1-8-9(2)20-5-4-17(8)13(19)15-11-6-10(14)7-16(3)12(11)18/h6-9H,4-5H2,1-3H3,(H,15,19)/t8-,9-/m1/s1. The Morgan fingerprint density at radius 2 is 2.20 bits per heavy atom. The van der Waals surface area contributed by atoms with Crippen LogP contribution in [0.4, 0.5) is 10.5 Å². The number of anilines is 1. The molecule has 0 radical (unpaired) electrons. The van der Waals surface area contributed by atoms with Crippen molar-refractivity contribution in [1.82, 2.24) is 9.47 Å². The van der Waals surface area contributed by atoms with Crippen molar-refractivity contribution < 1.29 is 9.53 Å². The largest absolute Gasteiger partial charge is 0.375 e. The molecule has 1 aromatic heterocycles. The second-order valence-electron chi connectivity index (χ2n) is 4.93. The van der Waals surface area contributed by atoms with Crippen molar-refractivity contribution in [3.63, 3.8) is 0 Å². The number of hydrogen-bond donors (Lipinski definition) is 1. The molecule has 2 rings (SSSR count). The molecule has 0 aliphatic carbocycles. The summed E-state index contributed by atoms with van der Waals surface area (Å²) in [5.74, 6) is 0. The van der Waals surface area contributed by atoms with Gasteiger partial charge in [0.15, 0.2) is 0 Å². The molecule has 6 nitrogen and oxygen atoms in total. The van der Waals surface area contributed by atoms with Gasteiger partial charge in [-0.05, 0) is 35.8 Å². The van der Waals surface area contributed by atoms with E-state index in [2.05, 4.69) is 21.2 Å². The summed E-state index contributed by atoms with van der Waals surface area (Å²) in [7, 11) is 1.64. The first-order valence-corrected chi connectivity index (χ1v) is 7.25. The van der Waals surface area contributed by atoms with Crippen LogP contribution in [0.25, 0.3) is 0 Å². The van der Waals surface area contributed by atoms with Crippen LogP contribution in [0.5, 0.6) is 0 Å². The van der Waals surface area contributed by atoms with Crippen LogP contribution in [0.2, 0.25) is 0 Å². The molecule has 1 N–H and O–H groups in total. The third kappa shape index (κ3) is 3.04. The lowest BCUT2D eigenvalue weighted by Crippen LogP contribution is -2.52. The van der Waals surface area contributed by atoms with Gasteiger partial charge in [-0.15, -0.1) is 0 Å². The van der Waals surface area contributed by atoms with E-state index in [-0.39, 0.29) is 29.4 Å². The molecule has 0 unspecified atom stereocenters. The second kappa shape index (κ2) is 5.97.